The number of aromatic nitrogens is 1. The molecule has 3 N–H and O–H groups in total. The zero-order chi connectivity index (χ0) is 15.2. The Labute approximate surface area is 122 Å². The summed E-state index contributed by atoms with van der Waals surface area (Å²) in [4.78, 5) is 15.3. The third kappa shape index (κ3) is 4.84. The van der Waals surface area contributed by atoms with E-state index in [1.807, 2.05) is 0 Å². The van der Waals surface area contributed by atoms with Crippen LogP contribution >= 0.6 is 0 Å². The van der Waals surface area contributed by atoms with E-state index in [1.54, 1.807) is 6.92 Å². The summed E-state index contributed by atoms with van der Waals surface area (Å²) in [5, 5.41) is 8.40. The summed E-state index contributed by atoms with van der Waals surface area (Å²) in [5.74, 6) is -1.43. The molecule has 0 saturated heterocycles. The second-order valence-corrected chi connectivity index (χ2v) is 5.05. The molecular weight excluding hydrogens is 278 g/mol. The van der Waals surface area contributed by atoms with E-state index < -0.39 is 11.6 Å². The summed E-state index contributed by atoms with van der Waals surface area (Å²) in [6.45, 7) is 2.70. The lowest BCUT2D eigenvalue weighted by atomic mass is 10.3. The van der Waals surface area contributed by atoms with Crippen molar-refractivity contribution in [1.82, 2.24) is 10.3 Å². The number of hydrogen-bond donors (Lipinski definition) is 3. The molecule has 1 fully saturated rings. The van der Waals surface area contributed by atoms with Gasteiger partial charge in [0, 0.05) is 31.6 Å². The van der Waals surface area contributed by atoms with Crippen molar-refractivity contribution < 1.29 is 13.6 Å². The first kappa shape index (κ1) is 15.5. The number of carbonyl (C=O) groups is 1. The molecular formula is C14H20F2N4O. The van der Waals surface area contributed by atoms with Crippen molar-refractivity contribution in [2.75, 3.05) is 23.7 Å². The topological polar surface area (TPSA) is 66.0 Å². The predicted molar refractivity (Wildman–Crippen MR) is 77.2 cm³/mol. The van der Waals surface area contributed by atoms with Crippen LogP contribution in [-0.4, -0.2) is 30.0 Å². The number of nitrogens with zero attached hydrogens (tertiary/aromatic N) is 1. The number of nitrogens with one attached hydrogen (secondary N) is 3. The van der Waals surface area contributed by atoms with Gasteiger partial charge in [-0.3, -0.25) is 4.79 Å². The van der Waals surface area contributed by atoms with Gasteiger partial charge in [-0.1, -0.05) is 0 Å². The third-order valence-electron chi connectivity index (χ3n) is 3.09. The van der Waals surface area contributed by atoms with E-state index in [0.29, 0.717) is 32.0 Å². The average Bonchev–Trinajstić information content (AvgIpc) is 3.23. The highest BCUT2D eigenvalue weighted by Gasteiger charge is 2.22. The minimum absolute atomic E-state index is 0.00467. The van der Waals surface area contributed by atoms with Crippen molar-refractivity contribution >= 4 is 17.5 Å². The summed E-state index contributed by atoms with van der Waals surface area (Å²) < 4.78 is 27.0. The standard InChI is InChI=1S/C14H20F2N4O/c1-2-17-13-10(15)8-11(16)14(20-13)18-7-3-4-12(21)19-9-5-6-9/h8-9H,2-7H2,1H3,(H,19,21)(H2,17,18,20). The molecule has 1 aliphatic carbocycles. The van der Waals surface area contributed by atoms with Crippen LogP contribution in [0.2, 0.25) is 0 Å². The Balaban J connectivity index is 1.78. The van der Waals surface area contributed by atoms with Crippen LogP contribution in [0.5, 0.6) is 0 Å². The fourth-order valence-corrected chi connectivity index (χ4v) is 1.87. The maximum absolute atomic E-state index is 13.6. The fourth-order valence-electron chi connectivity index (χ4n) is 1.87. The number of pyridine rings is 1. The molecule has 1 heterocycles. The Bertz CT molecular complexity index is 506. The number of anilines is 2. The fraction of sp³-hybridized carbons (Fsp3) is 0.571. The Kier molecular flexibility index (Phi) is 5.30. The van der Waals surface area contributed by atoms with E-state index in [2.05, 4.69) is 20.9 Å². The Morgan fingerprint density at radius 1 is 1.29 bits per heavy atom. The lowest BCUT2D eigenvalue weighted by Crippen LogP contribution is -2.25. The highest BCUT2D eigenvalue weighted by atomic mass is 19.1. The van der Waals surface area contributed by atoms with Crippen molar-refractivity contribution in [2.45, 2.75) is 38.6 Å². The Hall–Kier alpha value is -1.92. The molecule has 0 bridgehead atoms. The van der Waals surface area contributed by atoms with Crippen LogP contribution < -0.4 is 16.0 Å². The Morgan fingerprint density at radius 3 is 2.57 bits per heavy atom. The minimum atomic E-state index is -0.739. The first-order chi connectivity index (χ1) is 10.1. The van der Waals surface area contributed by atoms with Gasteiger partial charge in [0.2, 0.25) is 5.91 Å². The van der Waals surface area contributed by atoms with Crippen LogP contribution in [0.4, 0.5) is 20.4 Å². The summed E-state index contributed by atoms with van der Waals surface area (Å²) in [6.07, 6.45) is 3.06. The van der Waals surface area contributed by atoms with Gasteiger partial charge in [-0.15, -0.1) is 0 Å². The zero-order valence-electron chi connectivity index (χ0n) is 12.0. The van der Waals surface area contributed by atoms with E-state index in [0.717, 1.165) is 18.9 Å². The molecule has 0 aromatic carbocycles. The predicted octanol–water partition coefficient (Wildman–Crippen LogP) is 2.26. The molecule has 0 spiro atoms. The lowest BCUT2D eigenvalue weighted by Gasteiger charge is -2.10. The normalized spacial score (nSPS) is 13.9. The van der Waals surface area contributed by atoms with Crippen LogP contribution in [0.1, 0.15) is 32.6 Å². The highest BCUT2D eigenvalue weighted by Crippen LogP contribution is 2.20. The second-order valence-electron chi connectivity index (χ2n) is 5.05. The maximum Gasteiger partial charge on any atom is 0.220 e. The summed E-state index contributed by atoms with van der Waals surface area (Å²) >= 11 is 0. The van der Waals surface area contributed by atoms with Crippen molar-refractivity contribution in [3.05, 3.63) is 17.7 Å². The molecule has 0 radical (unpaired) electrons. The van der Waals surface area contributed by atoms with E-state index in [-0.39, 0.29) is 17.5 Å². The molecule has 1 saturated carbocycles. The lowest BCUT2D eigenvalue weighted by molar-refractivity contribution is -0.121. The van der Waals surface area contributed by atoms with Gasteiger partial charge >= 0.3 is 0 Å². The van der Waals surface area contributed by atoms with E-state index in [4.69, 9.17) is 0 Å². The summed E-state index contributed by atoms with van der Waals surface area (Å²) in [5.41, 5.74) is 0. The molecule has 1 aliphatic rings. The minimum Gasteiger partial charge on any atom is -0.368 e. The molecule has 1 aromatic rings. The molecule has 116 valence electrons. The number of carbonyl (C=O) groups excluding carboxylic acids is 1. The average molecular weight is 298 g/mol. The van der Waals surface area contributed by atoms with Crippen LogP contribution in [0.15, 0.2) is 6.07 Å². The van der Waals surface area contributed by atoms with Gasteiger partial charge in [0.05, 0.1) is 0 Å². The van der Waals surface area contributed by atoms with Gasteiger partial charge in [0.15, 0.2) is 23.3 Å². The Morgan fingerprint density at radius 2 is 1.95 bits per heavy atom. The van der Waals surface area contributed by atoms with Crippen molar-refractivity contribution in [1.29, 1.82) is 0 Å². The largest absolute Gasteiger partial charge is 0.368 e. The molecule has 2 rings (SSSR count). The maximum atomic E-state index is 13.6. The van der Waals surface area contributed by atoms with Gasteiger partial charge in [0.25, 0.3) is 0 Å². The molecule has 1 aromatic heterocycles. The molecule has 7 heteroatoms. The number of rotatable bonds is 8. The van der Waals surface area contributed by atoms with Gasteiger partial charge in [-0.05, 0) is 26.2 Å². The number of amides is 1. The number of hydrogen-bond acceptors (Lipinski definition) is 4. The smallest absolute Gasteiger partial charge is 0.220 e. The second kappa shape index (κ2) is 7.19. The molecule has 0 unspecified atom stereocenters. The van der Waals surface area contributed by atoms with Crippen LogP contribution in [0, 0.1) is 11.6 Å². The molecule has 0 aliphatic heterocycles. The summed E-state index contributed by atoms with van der Waals surface area (Å²) in [7, 11) is 0. The number of halogens is 2. The molecule has 1 amide bonds. The van der Waals surface area contributed by atoms with Gasteiger partial charge in [0.1, 0.15) is 0 Å². The molecule has 0 atom stereocenters. The van der Waals surface area contributed by atoms with Gasteiger partial charge in [-0.2, -0.15) is 0 Å². The highest BCUT2D eigenvalue weighted by molar-refractivity contribution is 5.76. The van der Waals surface area contributed by atoms with Crippen molar-refractivity contribution in [3.63, 3.8) is 0 Å². The molecule has 5 nitrogen and oxygen atoms in total. The summed E-state index contributed by atoms with van der Waals surface area (Å²) in [6, 6.07) is 1.15. The third-order valence-corrected chi connectivity index (χ3v) is 3.09. The van der Waals surface area contributed by atoms with E-state index >= 15 is 0 Å². The van der Waals surface area contributed by atoms with Gasteiger partial charge < -0.3 is 16.0 Å². The van der Waals surface area contributed by atoms with Gasteiger partial charge in [-0.25, -0.2) is 13.8 Å². The van der Waals surface area contributed by atoms with Crippen LogP contribution in [0.3, 0.4) is 0 Å². The van der Waals surface area contributed by atoms with Crippen molar-refractivity contribution in [3.8, 4) is 0 Å². The molecule has 21 heavy (non-hydrogen) atoms. The first-order valence-corrected chi connectivity index (χ1v) is 7.23. The zero-order valence-corrected chi connectivity index (χ0v) is 12.0. The van der Waals surface area contributed by atoms with Crippen LogP contribution in [-0.2, 0) is 4.79 Å². The monoisotopic (exact) mass is 298 g/mol. The van der Waals surface area contributed by atoms with E-state index in [9.17, 15) is 13.6 Å². The quantitative estimate of drug-likeness (QED) is 0.644. The van der Waals surface area contributed by atoms with E-state index in [1.165, 1.54) is 0 Å². The van der Waals surface area contributed by atoms with Crippen molar-refractivity contribution in [2.24, 2.45) is 0 Å². The van der Waals surface area contributed by atoms with Crippen LogP contribution in [0.25, 0.3) is 0 Å². The first-order valence-electron chi connectivity index (χ1n) is 7.23. The SMILES string of the molecule is CCNc1nc(NCCCC(=O)NC2CC2)c(F)cc1F.